The fourth-order valence-electron chi connectivity index (χ4n) is 3.40. The molecule has 3 atom stereocenters. The minimum absolute atomic E-state index is 0.00837. The maximum absolute atomic E-state index is 6.14. The molecule has 0 aromatic carbocycles. The molecule has 2 aliphatic heterocycles. The number of fused-ring (bicyclic) bond motifs is 1. The molecule has 0 unspecified atom stereocenters. The van der Waals surface area contributed by atoms with Gasteiger partial charge in [0.1, 0.15) is 6.10 Å². The highest BCUT2D eigenvalue weighted by molar-refractivity contribution is 5.03. The van der Waals surface area contributed by atoms with Gasteiger partial charge in [0.2, 0.25) is 11.8 Å². The maximum atomic E-state index is 6.14. The lowest BCUT2D eigenvalue weighted by molar-refractivity contribution is 0.0201. The molecule has 4 rings (SSSR count). The van der Waals surface area contributed by atoms with E-state index in [0.29, 0.717) is 23.8 Å². The normalized spacial score (nSPS) is 32.7. The van der Waals surface area contributed by atoms with Crippen molar-refractivity contribution in [3.63, 3.8) is 0 Å². The van der Waals surface area contributed by atoms with Gasteiger partial charge in [-0.25, -0.2) is 0 Å². The number of likely N-dealkylation sites (tertiary alicyclic amines) is 1. The van der Waals surface area contributed by atoms with Crippen LogP contribution in [-0.2, 0) is 9.47 Å². The maximum Gasteiger partial charge on any atom is 0.245 e. The van der Waals surface area contributed by atoms with Crippen LogP contribution in [0.5, 0.6) is 0 Å². The average Bonchev–Trinajstić information content (AvgIpc) is 2.92. The molecule has 6 heteroatoms. The fraction of sp³-hybridized carbons (Fsp3) is 0.867. The summed E-state index contributed by atoms with van der Waals surface area (Å²) in [5, 5.41) is 8.35. The van der Waals surface area contributed by atoms with Crippen LogP contribution in [0.4, 0.5) is 0 Å². The second kappa shape index (κ2) is 5.66. The molecule has 2 saturated heterocycles. The predicted octanol–water partition coefficient (Wildman–Crippen LogP) is 1.75. The third kappa shape index (κ3) is 2.84. The third-order valence-electron chi connectivity index (χ3n) is 4.73. The Kier molecular flexibility index (Phi) is 3.69. The van der Waals surface area contributed by atoms with Gasteiger partial charge in [0.25, 0.3) is 0 Å². The zero-order valence-electron chi connectivity index (χ0n) is 12.5. The SMILES string of the molecule is CCOCCN1C[C@@H]2C[C@@H](c3nnc(C4CC4)o3)O[C@@H]2C1. The molecule has 0 spiro atoms. The Morgan fingerprint density at radius 1 is 1.24 bits per heavy atom. The molecule has 3 heterocycles. The van der Waals surface area contributed by atoms with Gasteiger partial charge in [-0.05, 0) is 26.2 Å². The molecule has 0 radical (unpaired) electrons. The first-order valence-electron chi connectivity index (χ1n) is 8.12. The number of rotatable bonds is 6. The van der Waals surface area contributed by atoms with Crippen LogP contribution in [0.25, 0.3) is 0 Å². The lowest BCUT2D eigenvalue weighted by Crippen LogP contribution is -2.27. The van der Waals surface area contributed by atoms with E-state index in [1.54, 1.807) is 0 Å². The number of hydrogen-bond acceptors (Lipinski definition) is 6. The first-order valence-corrected chi connectivity index (χ1v) is 8.12. The van der Waals surface area contributed by atoms with E-state index < -0.39 is 0 Å². The van der Waals surface area contributed by atoms with Crippen LogP contribution in [0.15, 0.2) is 4.42 Å². The summed E-state index contributed by atoms with van der Waals surface area (Å²) in [4.78, 5) is 2.44. The Bertz CT molecular complexity index is 474. The second-order valence-electron chi connectivity index (χ2n) is 6.37. The lowest BCUT2D eigenvalue weighted by Gasteiger charge is -2.17. The first kappa shape index (κ1) is 13.7. The van der Waals surface area contributed by atoms with Crippen LogP contribution in [0.1, 0.15) is 50.0 Å². The molecule has 21 heavy (non-hydrogen) atoms. The van der Waals surface area contributed by atoms with Gasteiger partial charge in [0.15, 0.2) is 0 Å². The highest BCUT2D eigenvalue weighted by Crippen LogP contribution is 2.43. The molecule has 0 amide bonds. The lowest BCUT2D eigenvalue weighted by atomic mass is 10.0. The fourth-order valence-corrected chi connectivity index (χ4v) is 3.40. The van der Waals surface area contributed by atoms with Crippen molar-refractivity contribution < 1.29 is 13.9 Å². The monoisotopic (exact) mass is 293 g/mol. The van der Waals surface area contributed by atoms with Gasteiger partial charge in [-0.3, -0.25) is 4.90 Å². The Morgan fingerprint density at radius 2 is 2.10 bits per heavy atom. The van der Waals surface area contributed by atoms with Gasteiger partial charge in [-0.1, -0.05) is 0 Å². The van der Waals surface area contributed by atoms with E-state index in [9.17, 15) is 0 Å². The molecule has 1 saturated carbocycles. The summed E-state index contributed by atoms with van der Waals surface area (Å²) >= 11 is 0. The van der Waals surface area contributed by atoms with Crippen molar-refractivity contribution in [3.8, 4) is 0 Å². The molecule has 3 aliphatic rings. The Labute approximate surface area is 124 Å². The summed E-state index contributed by atoms with van der Waals surface area (Å²) in [5.74, 6) is 2.60. The molecule has 1 aromatic rings. The standard InChI is InChI=1S/C15H23N3O3/c1-2-19-6-5-18-8-11-7-12(20-13(11)9-18)15-17-16-14(21-15)10-3-4-10/h10-13H,2-9H2,1H3/t11-,12-,13+/m0/s1. The van der Waals surface area contributed by atoms with E-state index in [-0.39, 0.29) is 6.10 Å². The van der Waals surface area contributed by atoms with Crippen molar-refractivity contribution in [3.05, 3.63) is 11.8 Å². The summed E-state index contributed by atoms with van der Waals surface area (Å²) < 4.78 is 17.3. The Hall–Kier alpha value is -0.980. The number of nitrogens with zero attached hydrogens (tertiary/aromatic N) is 3. The molecule has 0 bridgehead atoms. The van der Waals surface area contributed by atoms with E-state index in [0.717, 1.165) is 45.2 Å². The second-order valence-corrected chi connectivity index (χ2v) is 6.37. The third-order valence-corrected chi connectivity index (χ3v) is 4.73. The molecular formula is C15H23N3O3. The molecule has 116 valence electrons. The zero-order chi connectivity index (χ0) is 14.2. The quantitative estimate of drug-likeness (QED) is 0.745. The Balaban J connectivity index is 1.30. The van der Waals surface area contributed by atoms with Crippen molar-refractivity contribution >= 4 is 0 Å². The van der Waals surface area contributed by atoms with Crippen LogP contribution in [0.2, 0.25) is 0 Å². The molecule has 6 nitrogen and oxygen atoms in total. The summed E-state index contributed by atoms with van der Waals surface area (Å²) in [6, 6.07) is 0. The number of aromatic nitrogens is 2. The van der Waals surface area contributed by atoms with Crippen LogP contribution >= 0.6 is 0 Å². The van der Waals surface area contributed by atoms with Gasteiger partial charge in [0.05, 0.1) is 12.7 Å². The van der Waals surface area contributed by atoms with Crippen molar-refractivity contribution in [1.29, 1.82) is 0 Å². The van der Waals surface area contributed by atoms with Gasteiger partial charge >= 0.3 is 0 Å². The first-order chi connectivity index (χ1) is 10.3. The number of ether oxygens (including phenoxy) is 2. The van der Waals surface area contributed by atoms with Gasteiger partial charge in [-0.15, -0.1) is 10.2 Å². The summed E-state index contributed by atoms with van der Waals surface area (Å²) in [5.41, 5.74) is 0. The highest BCUT2D eigenvalue weighted by atomic mass is 16.5. The van der Waals surface area contributed by atoms with E-state index in [1.165, 1.54) is 12.8 Å². The predicted molar refractivity (Wildman–Crippen MR) is 74.9 cm³/mol. The van der Waals surface area contributed by atoms with E-state index in [4.69, 9.17) is 13.9 Å². The van der Waals surface area contributed by atoms with Gasteiger partial charge in [0, 0.05) is 38.1 Å². The molecule has 1 aromatic heterocycles. The largest absolute Gasteiger partial charge is 0.422 e. The minimum atomic E-state index is 0.00837. The van der Waals surface area contributed by atoms with Crippen LogP contribution in [0, 0.1) is 5.92 Å². The molecule has 3 fully saturated rings. The van der Waals surface area contributed by atoms with E-state index in [1.807, 2.05) is 6.92 Å². The summed E-state index contributed by atoms with van der Waals surface area (Å²) in [6.45, 7) is 6.73. The van der Waals surface area contributed by atoms with Crippen molar-refractivity contribution in [2.45, 2.75) is 44.3 Å². The average molecular weight is 293 g/mol. The zero-order valence-corrected chi connectivity index (χ0v) is 12.5. The molecule has 1 aliphatic carbocycles. The highest BCUT2D eigenvalue weighted by Gasteiger charge is 2.44. The van der Waals surface area contributed by atoms with Gasteiger partial charge in [-0.2, -0.15) is 0 Å². The molecule has 0 N–H and O–H groups in total. The smallest absolute Gasteiger partial charge is 0.245 e. The summed E-state index contributed by atoms with van der Waals surface area (Å²) in [6.07, 6.45) is 3.70. The van der Waals surface area contributed by atoms with Crippen molar-refractivity contribution in [2.75, 3.05) is 32.8 Å². The van der Waals surface area contributed by atoms with E-state index in [2.05, 4.69) is 15.1 Å². The number of hydrogen-bond donors (Lipinski definition) is 0. The van der Waals surface area contributed by atoms with Crippen LogP contribution < -0.4 is 0 Å². The van der Waals surface area contributed by atoms with E-state index >= 15 is 0 Å². The van der Waals surface area contributed by atoms with Crippen molar-refractivity contribution in [2.24, 2.45) is 5.92 Å². The van der Waals surface area contributed by atoms with Gasteiger partial charge < -0.3 is 13.9 Å². The molecular weight excluding hydrogens is 270 g/mol. The summed E-state index contributed by atoms with van der Waals surface area (Å²) in [7, 11) is 0. The topological polar surface area (TPSA) is 60.6 Å². The van der Waals surface area contributed by atoms with Crippen LogP contribution in [0.3, 0.4) is 0 Å². The Morgan fingerprint density at radius 3 is 2.86 bits per heavy atom. The van der Waals surface area contributed by atoms with Crippen LogP contribution in [-0.4, -0.2) is 54.0 Å². The van der Waals surface area contributed by atoms with Crippen molar-refractivity contribution in [1.82, 2.24) is 15.1 Å². The minimum Gasteiger partial charge on any atom is -0.422 e.